The molecule has 6 heteroatoms. The lowest BCUT2D eigenvalue weighted by molar-refractivity contribution is -0.862. The third kappa shape index (κ3) is 5.04. The highest BCUT2D eigenvalue weighted by Gasteiger charge is 2.43. The van der Waals surface area contributed by atoms with Gasteiger partial charge in [-0.05, 0) is 56.7 Å². The minimum Gasteiger partial charge on any atom is -0.333 e. The molecule has 3 N–H and O–H groups in total. The van der Waals surface area contributed by atoms with Gasteiger partial charge in [0, 0.05) is 5.69 Å². The van der Waals surface area contributed by atoms with Gasteiger partial charge in [0.05, 0.1) is 13.1 Å². The van der Waals surface area contributed by atoms with E-state index in [1.54, 1.807) is 14.0 Å². The Kier molecular flexibility index (Phi) is 5.81. The van der Waals surface area contributed by atoms with E-state index in [9.17, 15) is 14.9 Å². The molecule has 0 aliphatic heterocycles. The van der Waals surface area contributed by atoms with Gasteiger partial charge in [-0.3, -0.25) is 9.59 Å². The summed E-state index contributed by atoms with van der Waals surface area (Å²) in [4.78, 5) is 25.2. The lowest BCUT2D eigenvalue weighted by Crippen LogP contribution is -3.11. The fourth-order valence-corrected chi connectivity index (χ4v) is 2.91. The Hall–Kier alpha value is -2.39. The number of amides is 2. The summed E-state index contributed by atoms with van der Waals surface area (Å²) in [5.41, 5.74) is 2.17. The number of carbonyl (C=O) groups is 2. The topological polar surface area (TPSA) is 86.4 Å². The van der Waals surface area contributed by atoms with Crippen molar-refractivity contribution in [1.29, 1.82) is 5.26 Å². The number of carbonyl (C=O) groups excluding carboxylic acids is 2. The number of hydrogen-bond acceptors (Lipinski definition) is 3. The Morgan fingerprint density at radius 1 is 1.28 bits per heavy atom. The molecule has 1 fully saturated rings. The van der Waals surface area contributed by atoms with Crippen LogP contribution in [0.25, 0.3) is 0 Å². The molecule has 1 aliphatic rings. The fraction of sp³-hybridized carbons (Fsp3) is 0.526. The lowest BCUT2D eigenvalue weighted by atomic mass is 9.98. The number of benzene rings is 1. The number of aryl methyl sites for hydroxylation is 1. The third-order valence-electron chi connectivity index (χ3n) is 4.83. The van der Waals surface area contributed by atoms with Crippen molar-refractivity contribution in [1.82, 2.24) is 5.32 Å². The van der Waals surface area contributed by atoms with E-state index in [4.69, 9.17) is 0 Å². The summed E-state index contributed by atoms with van der Waals surface area (Å²) in [7, 11) is 1.79. The number of nitriles is 1. The average molecular weight is 343 g/mol. The van der Waals surface area contributed by atoms with Gasteiger partial charge < -0.3 is 15.5 Å². The van der Waals surface area contributed by atoms with Crippen LogP contribution in [0.5, 0.6) is 0 Å². The summed E-state index contributed by atoms with van der Waals surface area (Å²) in [5, 5.41) is 15.0. The van der Waals surface area contributed by atoms with Gasteiger partial charge in [-0.15, -0.1) is 0 Å². The van der Waals surface area contributed by atoms with Crippen LogP contribution in [0.3, 0.4) is 0 Å². The van der Waals surface area contributed by atoms with Gasteiger partial charge >= 0.3 is 0 Å². The molecule has 2 atom stereocenters. The minimum absolute atomic E-state index is 0.135. The van der Waals surface area contributed by atoms with E-state index in [0.717, 1.165) is 34.6 Å². The van der Waals surface area contributed by atoms with Crippen molar-refractivity contribution in [2.45, 2.75) is 39.2 Å². The summed E-state index contributed by atoms with van der Waals surface area (Å²) in [6, 6.07) is 7.98. The molecule has 1 saturated carbocycles. The quantitative estimate of drug-likeness (QED) is 0.676. The van der Waals surface area contributed by atoms with Crippen molar-refractivity contribution in [2.75, 3.05) is 25.5 Å². The molecule has 25 heavy (non-hydrogen) atoms. The van der Waals surface area contributed by atoms with Crippen LogP contribution in [0.2, 0.25) is 0 Å². The highest BCUT2D eigenvalue weighted by Crippen LogP contribution is 2.39. The average Bonchev–Trinajstić information content (AvgIpc) is 3.36. The molecule has 1 aromatic rings. The summed E-state index contributed by atoms with van der Waals surface area (Å²) >= 11 is 0. The van der Waals surface area contributed by atoms with E-state index < -0.39 is 5.54 Å². The van der Waals surface area contributed by atoms with Crippen molar-refractivity contribution in [3.63, 3.8) is 0 Å². The zero-order chi connectivity index (χ0) is 18.6. The largest absolute Gasteiger partial charge is 0.333 e. The minimum atomic E-state index is -0.793. The van der Waals surface area contributed by atoms with E-state index in [1.807, 2.05) is 32.0 Å². The molecular weight excluding hydrogens is 316 g/mol. The molecule has 1 aliphatic carbocycles. The standard InChI is InChI=1S/C19H26N4O2/c1-13-6-5-7-16(14(13)2)21-17(24)10-23(4)11-18(25)22-19(3,12-20)15-8-9-15/h5-7,15H,8-11H2,1-4H3,(H,21,24)(H,22,25)/p+1/t19-/m0/s1. The zero-order valence-electron chi connectivity index (χ0n) is 15.4. The Labute approximate surface area is 149 Å². The van der Waals surface area contributed by atoms with E-state index in [0.29, 0.717) is 0 Å². The Morgan fingerprint density at radius 3 is 2.52 bits per heavy atom. The number of nitrogens with zero attached hydrogens (tertiary/aromatic N) is 1. The van der Waals surface area contributed by atoms with Crippen LogP contribution in [0, 0.1) is 31.1 Å². The van der Waals surface area contributed by atoms with Crippen LogP contribution in [0.4, 0.5) is 5.69 Å². The smallest absolute Gasteiger partial charge is 0.279 e. The molecular formula is C19H27N4O2+. The molecule has 134 valence electrons. The van der Waals surface area contributed by atoms with Crippen molar-refractivity contribution in [3.05, 3.63) is 29.3 Å². The molecule has 0 bridgehead atoms. The SMILES string of the molecule is Cc1cccc(NC(=O)C[NH+](C)CC(=O)N[C@@](C)(C#N)C2CC2)c1C. The van der Waals surface area contributed by atoms with Crippen LogP contribution in [0.15, 0.2) is 18.2 Å². The van der Waals surface area contributed by atoms with Gasteiger partial charge in [-0.1, -0.05) is 12.1 Å². The second-order valence-electron chi connectivity index (χ2n) is 7.24. The van der Waals surface area contributed by atoms with E-state index >= 15 is 0 Å². The van der Waals surface area contributed by atoms with Gasteiger partial charge in [0.15, 0.2) is 13.1 Å². The van der Waals surface area contributed by atoms with Crippen molar-refractivity contribution in [2.24, 2.45) is 5.92 Å². The zero-order valence-corrected chi connectivity index (χ0v) is 15.4. The number of rotatable bonds is 7. The number of hydrogen-bond donors (Lipinski definition) is 3. The molecule has 1 unspecified atom stereocenters. The van der Waals surface area contributed by atoms with Gasteiger partial charge in [0.1, 0.15) is 5.54 Å². The molecule has 6 nitrogen and oxygen atoms in total. The molecule has 0 radical (unpaired) electrons. The van der Waals surface area contributed by atoms with Gasteiger partial charge in [0.25, 0.3) is 11.8 Å². The molecule has 2 amide bonds. The molecule has 1 aromatic carbocycles. The number of nitrogens with one attached hydrogen (secondary N) is 3. The van der Waals surface area contributed by atoms with E-state index in [-0.39, 0.29) is 30.8 Å². The maximum absolute atomic E-state index is 12.2. The molecule has 0 spiro atoms. The first-order chi connectivity index (χ1) is 11.7. The monoisotopic (exact) mass is 343 g/mol. The normalized spacial score (nSPS) is 17.1. The Morgan fingerprint density at radius 2 is 1.92 bits per heavy atom. The van der Waals surface area contributed by atoms with Gasteiger partial charge in [-0.25, -0.2) is 0 Å². The van der Waals surface area contributed by atoms with Crippen LogP contribution in [-0.2, 0) is 9.59 Å². The highest BCUT2D eigenvalue weighted by atomic mass is 16.2. The van der Waals surface area contributed by atoms with Crippen molar-refractivity contribution in [3.8, 4) is 6.07 Å². The number of quaternary nitrogens is 1. The summed E-state index contributed by atoms with van der Waals surface area (Å²) in [6.07, 6.45) is 1.95. The summed E-state index contributed by atoms with van der Waals surface area (Å²) < 4.78 is 0. The molecule has 0 aromatic heterocycles. The Balaban J connectivity index is 1.84. The molecule has 0 saturated heterocycles. The van der Waals surface area contributed by atoms with Gasteiger partial charge in [-0.2, -0.15) is 5.26 Å². The second-order valence-corrected chi connectivity index (χ2v) is 7.24. The van der Waals surface area contributed by atoms with Crippen molar-refractivity contribution >= 4 is 17.5 Å². The van der Waals surface area contributed by atoms with Crippen LogP contribution in [-0.4, -0.2) is 37.5 Å². The highest BCUT2D eigenvalue weighted by molar-refractivity contribution is 5.92. The Bertz CT molecular complexity index is 706. The van der Waals surface area contributed by atoms with E-state index in [2.05, 4.69) is 16.7 Å². The van der Waals surface area contributed by atoms with Gasteiger partial charge in [0.2, 0.25) is 0 Å². The third-order valence-corrected chi connectivity index (χ3v) is 4.83. The fourth-order valence-electron chi connectivity index (χ4n) is 2.91. The molecule has 0 heterocycles. The summed E-state index contributed by atoms with van der Waals surface area (Å²) in [5.74, 6) is -0.0911. The van der Waals surface area contributed by atoms with Crippen LogP contribution in [0.1, 0.15) is 30.9 Å². The predicted octanol–water partition coefficient (Wildman–Crippen LogP) is 0.565. The summed E-state index contributed by atoms with van der Waals surface area (Å²) in [6.45, 7) is 6.08. The maximum atomic E-state index is 12.2. The predicted molar refractivity (Wildman–Crippen MR) is 96.1 cm³/mol. The van der Waals surface area contributed by atoms with E-state index in [1.165, 1.54) is 0 Å². The lowest BCUT2D eigenvalue weighted by Gasteiger charge is -2.23. The molecule has 2 rings (SSSR count). The maximum Gasteiger partial charge on any atom is 0.279 e. The number of likely N-dealkylation sites (N-methyl/N-ethyl adjacent to an activating group) is 1. The van der Waals surface area contributed by atoms with Crippen LogP contribution >= 0.6 is 0 Å². The first-order valence-electron chi connectivity index (χ1n) is 8.65. The first kappa shape index (κ1) is 18.9. The second kappa shape index (κ2) is 7.66. The first-order valence-corrected chi connectivity index (χ1v) is 8.65. The van der Waals surface area contributed by atoms with Crippen LogP contribution < -0.4 is 15.5 Å². The number of anilines is 1. The van der Waals surface area contributed by atoms with Crippen molar-refractivity contribution < 1.29 is 14.5 Å².